The molecule has 0 unspecified atom stereocenters. The van der Waals surface area contributed by atoms with Gasteiger partial charge in [-0.25, -0.2) is 0 Å². The van der Waals surface area contributed by atoms with Crippen molar-refractivity contribution in [2.45, 2.75) is 17.4 Å². The number of hydrogen-bond donors (Lipinski definition) is 3. The van der Waals surface area contributed by atoms with E-state index in [9.17, 15) is 0 Å². The Morgan fingerprint density at radius 3 is 3.00 bits per heavy atom. The summed E-state index contributed by atoms with van der Waals surface area (Å²) < 4.78 is 5.38. The maximum Gasteiger partial charge on any atom is 0.166 e. The van der Waals surface area contributed by atoms with Crippen LogP contribution in [0.1, 0.15) is 18.0 Å². The molecule has 1 aromatic carbocycles. The second-order valence-electron chi connectivity index (χ2n) is 5.74. The van der Waals surface area contributed by atoms with Crippen molar-refractivity contribution in [1.82, 2.24) is 10.6 Å². The quantitative estimate of drug-likeness (QED) is 0.701. The van der Waals surface area contributed by atoms with Gasteiger partial charge in [0.1, 0.15) is 13.1 Å². The van der Waals surface area contributed by atoms with E-state index in [0.717, 1.165) is 56.7 Å². The van der Waals surface area contributed by atoms with Gasteiger partial charge in [-0.3, -0.25) is 0 Å². The van der Waals surface area contributed by atoms with Gasteiger partial charge in [0, 0.05) is 10.6 Å². The zero-order chi connectivity index (χ0) is 15.2. The summed E-state index contributed by atoms with van der Waals surface area (Å²) in [5.41, 5.74) is 1.38. The van der Waals surface area contributed by atoms with E-state index >= 15 is 0 Å². The molecule has 1 aromatic rings. The van der Waals surface area contributed by atoms with Crippen LogP contribution in [0.3, 0.4) is 0 Å². The Kier molecular flexibility index (Phi) is 5.95. The number of morpholine rings is 1. The van der Waals surface area contributed by atoms with Crippen LogP contribution in [0.25, 0.3) is 0 Å². The molecule has 0 saturated carbocycles. The lowest BCUT2D eigenvalue weighted by atomic mass is 10.0. The van der Waals surface area contributed by atoms with Crippen LogP contribution in [0.4, 0.5) is 0 Å². The summed E-state index contributed by atoms with van der Waals surface area (Å²) in [6.07, 6.45) is 1.12. The van der Waals surface area contributed by atoms with Gasteiger partial charge in [0.2, 0.25) is 0 Å². The minimum atomic E-state index is 0.341. The smallest absolute Gasteiger partial charge is 0.166 e. The van der Waals surface area contributed by atoms with Gasteiger partial charge in [-0.05, 0) is 30.3 Å². The average Bonchev–Trinajstić information content (AvgIpc) is 2.56. The fourth-order valence-corrected chi connectivity index (χ4v) is 4.33. The minimum absolute atomic E-state index is 0.341. The molecule has 3 N–H and O–H groups in total. The van der Waals surface area contributed by atoms with E-state index in [0.29, 0.717) is 6.04 Å². The number of thioether (sulfide) groups is 1. The highest BCUT2D eigenvalue weighted by molar-refractivity contribution is 7.99. The van der Waals surface area contributed by atoms with E-state index in [1.54, 1.807) is 4.90 Å². The van der Waals surface area contributed by atoms with E-state index in [4.69, 9.17) is 17.0 Å². The lowest BCUT2D eigenvalue weighted by Crippen LogP contribution is -3.14. The highest BCUT2D eigenvalue weighted by Crippen LogP contribution is 2.35. The zero-order valence-electron chi connectivity index (χ0n) is 12.8. The summed E-state index contributed by atoms with van der Waals surface area (Å²) in [5.74, 6) is 1.15. The van der Waals surface area contributed by atoms with Gasteiger partial charge < -0.3 is 20.3 Å². The molecule has 0 spiro atoms. The molecule has 120 valence electrons. The fraction of sp³-hybridized carbons (Fsp3) is 0.562. The van der Waals surface area contributed by atoms with E-state index in [2.05, 4.69) is 34.9 Å². The van der Waals surface area contributed by atoms with Crippen molar-refractivity contribution < 1.29 is 9.64 Å². The van der Waals surface area contributed by atoms with Crippen molar-refractivity contribution >= 4 is 29.1 Å². The standard InChI is InChI=1S/C16H23N3OS2/c21-16(17-6-7-19-8-10-20-11-9-19)18-14-5-12-22-15-4-2-1-3-13(14)15/h1-4,14H,5-12H2,(H2,17,18,21)/p+1/t14-/m0/s1. The van der Waals surface area contributed by atoms with Crippen LogP contribution in [-0.2, 0) is 4.74 Å². The molecule has 0 aliphatic carbocycles. The molecule has 0 amide bonds. The molecule has 2 aliphatic rings. The van der Waals surface area contributed by atoms with Gasteiger partial charge in [0.25, 0.3) is 0 Å². The van der Waals surface area contributed by atoms with Crippen LogP contribution in [-0.4, -0.2) is 50.3 Å². The number of nitrogens with one attached hydrogen (secondary N) is 3. The fourth-order valence-electron chi connectivity index (χ4n) is 2.96. The SMILES string of the molecule is S=C(NCC[NH+]1CCOCC1)N[C@H]1CCSc2ccccc21. The van der Waals surface area contributed by atoms with Crippen LogP contribution < -0.4 is 15.5 Å². The normalized spacial score (nSPS) is 21.9. The number of fused-ring (bicyclic) bond motifs is 1. The lowest BCUT2D eigenvalue weighted by molar-refractivity contribution is -0.906. The van der Waals surface area contributed by atoms with Gasteiger partial charge in [-0.15, -0.1) is 11.8 Å². The van der Waals surface area contributed by atoms with E-state index in [1.165, 1.54) is 10.5 Å². The monoisotopic (exact) mass is 338 g/mol. The summed E-state index contributed by atoms with van der Waals surface area (Å²) in [6, 6.07) is 8.97. The van der Waals surface area contributed by atoms with Crippen LogP contribution in [0.5, 0.6) is 0 Å². The van der Waals surface area contributed by atoms with Crippen LogP contribution in [0, 0.1) is 0 Å². The molecule has 2 heterocycles. The van der Waals surface area contributed by atoms with E-state index < -0.39 is 0 Å². The zero-order valence-corrected chi connectivity index (χ0v) is 14.4. The number of quaternary nitrogens is 1. The molecule has 0 bridgehead atoms. The van der Waals surface area contributed by atoms with E-state index in [1.807, 2.05) is 11.8 Å². The molecule has 22 heavy (non-hydrogen) atoms. The summed E-state index contributed by atoms with van der Waals surface area (Å²) in [5, 5.41) is 7.62. The Bertz CT molecular complexity index is 506. The van der Waals surface area contributed by atoms with Gasteiger partial charge >= 0.3 is 0 Å². The number of rotatable bonds is 4. The third-order valence-corrected chi connectivity index (χ3v) is 5.61. The van der Waals surface area contributed by atoms with Crippen molar-refractivity contribution in [3.8, 4) is 0 Å². The van der Waals surface area contributed by atoms with Crippen molar-refractivity contribution in [3.63, 3.8) is 0 Å². The third-order valence-electron chi connectivity index (χ3n) is 4.23. The molecule has 2 aliphatic heterocycles. The number of benzene rings is 1. The first kappa shape index (κ1) is 16.1. The number of thiocarbonyl (C=S) groups is 1. The predicted octanol–water partition coefficient (Wildman–Crippen LogP) is 0.603. The second-order valence-corrected chi connectivity index (χ2v) is 7.29. The second kappa shape index (κ2) is 8.15. The Labute approximate surface area is 142 Å². The van der Waals surface area contributed by atoms with Crippen molar-refractivity contribution in [3.05, 3.63) is 29.8 Å². The van der Waals surface area contributed by atoms with Crippen LogP contribution >= 0.6 is 24.0 Å². The summed E-state index contributed by atoms with van der Waals surface area (Å²) in [6.45, 7) is 6.00. The van der Waals surface area contributed by atoms with E-state index in [-0.39, 0.29) is 0 Å². The Balaban J connectivity index is 1.44. The molecular weight excluding hydrogens is 314 g/mol. The molecular formula is C16H24N3OS2+. The maximum atomic E-state index is 5.47. The maximum absolute atomic E-state index is 5.47. The predicted molar refractivity (Wildman–Crippen MR) is 94.6 cm³/mol. The van der Waals surface area contributed by atoms with Gasteiger partial charge in [0.05, 0.1) is 32.3 Å². The minimum Gasteiger partial charge on any atom is -0.370 e. The van der Waals surface area contributed by atoms with Crippen molar-refractivity contribution in [2.24, 2.45) is 0 Å². The largest absolute Gasteiger partial charge is 0.370 e. The number of hydrogen-bond acceptors (Lipinski definition) is 3. The molecule has 1 saturated heterocycles. The molecule has 6 heteroatoms. The first-order valence-electron chi connectivity index (χ1n) is 8.00. The first-order valence-corrected chi connectivity index (χ1v) is 9.40. The Morgan fingerprint density at radius 1 is 1.32 bits per heavy atom. The molecule has 1 atom stereocenters. The van der Waals surface area contributed by atoms with Crippen molar-refractivity contribution in [1.29, 1.82) is 0 Å². The Morgan fingerprint density at radius 2 is 2.14 bits per heavy atom. The molecule has 1 fully saturated rings. The highest BCUT2D eigenvalue weighted by atomic mass is 32.2. The molecule has 3 rings (SSSR count). The number of ether oxygens (including phenoxy) is 1. The van der Waals surface area contributed by atoms with Crippen LogP contribution in [0.15, 0.2) is 29.2 Å². The summed E-state index contributed by atoms with van der Waals surface area (Å²) in [7, 11) is 0. The van der Waals surface area contributed by atoms with Gasteiger partial charge in [-0.2, -0.15) is 0 Å². The third kappa shape index (κ3) is 4.35. The first-order chi connectivity index (χ1) is 10.8. The summed E-state index contributed by atoms with van der Waals surface area (Å²) >= 11 is 7.41. The molecule has 0 radical (unpaired) electrons. The average molecular weight is 339 g/mol. The molecule has 4 nitrogen and oxygen atoms in total. The summed E-state index contributed by atoms with van der Waals surface area (Å²) in [4.78, 5) is 2.98. The topological polar surface area (TPSA) is 37.7 Å². The van der Waals surface area contributed by atoms with Crippen molar-refractivity contribution in [2.75, 3.05) is 45.1 Å². The van der Waals surface area contributed by atoms with Crippen LogP contribution in [0.2, 0.25) is 0 Å². The molecule has 0 aromatic heterocycles. The Hall–Kier alpha value is -0.820. The highest BCUT2D eigenvalue weighted by Gasteiger charge is 2.21. The lowest BCUT2D eigenvalue weighted by Gasteiger charge is -2.27. The van der Waals surface area contributed by atoms with Gasteiger partial charge in [0.15, 0.2) is 5.11 Å². The van der Waals surface area contributed by atoms with Gasteiger partial charge in [-0.1, -0.05) is 18.2 Å².